The minimum absolute atomic E-state index is 0.0914. The Kier molecular flexibility index (Phi) is 4.54. The largest absolute Gasteiger partial charge is 0.378 e. The van der Waals surface area contributed by atoms with Gasteiger partial charge in [-0.3, -0.25) is 4.79 Å². The van der Waals surface area contributed by atoms with Gasteiger partial charge in [-0.1, -0.05) is 6.08 Å². The van der Waals surface area contributed by atoms with Gasteiger partial charge in [-0.05, 0) is 19.3 Å². The van der Waals surface area contributed by atoms with Crippen LogP contribution in [0.1, 0.15) is 25.7 Å². The monoisotopic (exact) mass is 183 g/mol. The number of nitrogens with one attached hydrogen (secondary N) is 1. The Hall–Kier alpha value is -0.830. The molecule has 1 heterocycles. The molecule has 0 spiro atoms. The second kappa shape index (κ2) is 5.75. The summed E-state index contributed by atoms with van der Waals surface area (Å²) in [6, 6.07) is 0. The number of hydrogen-bond acceptors (Lipinski definition) is 2. The fraction of sp³-hybridized carbons (Fsp3) is 0.700. The second-order valence-corrected chi connectivity index (χ2v) is 3.27. The van der Waals surface area contributed by atoms with E-state index in [-0.39, 0.29) is 12.0 Å². The predicted octanol–water partition coefficient (Wildman–Crippen LogP) is 1.25. The zero-order chi connectivity index (χ0) is 9.52. The standard InChI is InChI=1S/C10H17NO2/c1-2-3-6-11-10(12)8-9-5-4-7-13-9/h2,9H,1,3-8H2,(H,11,12). The molecule has 74 valence electrons. The summed E-state index contributed by atoms with van der Waals surface area (Å²) in [6.07, 6.45) is 5.41. The van der Waals surface area contributed by atoms with Crippen LogP contribution >= 0.6 is 0 Å². The van der Waals surface area contributed by atoms with E-state index in [9.17, 15) is 4.79 Å². The molecule has 1 saturated heterocycles. The molecule has 1 fully saturated rings. The highest BCUT2D eigenvalue weighted by atomic mass is 16.5. The lowest BCUT2D eigenvalue weighted by Gasteiger charge is -2.08. The van der Waals surface area contributed by atoms with Crippen LogP contribution in [0.25, 0.3) is 0 Å². The number of ether oxygens (including phenoxy) is 1. The number of carbonyl (C=O) groups is 1. The van der Waals surface area contributed by atoms with Crippen molar-refractivity contribution in [3.05, 3.63) is 12.7 Å². The lowest BCUT2D eigenvalue weighted by molar-refractivity contribution is -0.123. The molecule has 13 heavy (non-hydrogen) atoms. The third-order valence-electron chi connectivity index (χ3n) is 2.11. The predicted molar refractivity (Wildman–Crippen MR) is 51.4 cm³/mol. The Morgan fingerprint density at radius 1 is 1.69 bits per heavy atom. The topological polar surface area (TPSA) is 38.3 Å². The zero-order valence-corrected chi connectivity index (χ0v) is 7.92. The Balaban J connectivity index is 2.05. The lowest BCUT2D eigenvalue weighted by atomic mass is 10.2. The van der Waals surface area contributed by atoms with E-state index in [2.05, 4.69) is 11.9 Å². The van der Waals surface area contributed by atoms with Gasteiger partial charge >= 0.3 is 0 Å². The van der Waals surface area contributed by atoms with Gasteiger partial charge in [0.1, 0.15) is 0 Å². The first-order chi connectivity index (χ1) is 6.33. The van der Waals surface area contributed by atoms with Crippen molar-refractivity contribution in [2.75, 3.05) is 13.2 Å². The molecule has 1 amide bonds. The van der Waals surface area contributed by atoms with Crippen LogP contribution < -0.4 is 5.32 Å². The van der Waals surface area contributed by atoms with Gasteiger partial charge in [0.2, 0.25) is 5.91 Å². The van der Waals surface area contributed by atoms with E-state index in [1.54, 1.807) is 6.08 Å². The molecule has 1 atom stereocenters. The molecule has 0 aromatic rings. The fourth-order valence-corrected chi connectivity index (χ4v) is 1.40. The number of rotatable bonds is 5. The summed E-state index contributed by atoms with van der Waals surface area (Å²) in [5.41, 5.74) is 0. The van der Waals surface area contributed by atoms with E-state index >= 15 is 0 Å². The van der Waals surface area contributed by atoms with Crippen LogP contribution in [0.4, 0.5) is 0 Å². The average molecular weight is 183 g/mol. The van der Waals surface area contributed by atoms with Crippen LogP contribution in [0.15, 0.2) is 12.7 Å². The first-order valence-electron chi connectivity index (χ1n) is 4.82. The third kappa shape index (κ3) is 4.08. The third-order valence-corrected chi connectivity index (χ3v) is 2.11. The molecule has 0 saturated carbocycles. The Bertz CT molecular complexity index is 174. The molecule has 1 rings (SSSR count). The van der Waals surface area contributed by atoms with Gasteiger partial charge in [-0.25, -0.2) is 0 Å². The van der Waals surface area contributed by atoms with Crippen molar-refractivity contribution in [1.29, 1.82) is 0 Å². The summed E-state index contributed by atoms with van der Waals surface area (Å²) in [7, 11) is 0. The minimum atomic E-state index is 0.0914. The maximum atomic E-state index is 11.2. The van der Waals surface area contributed by atoms with E-state index in [1.165, 1.54) is 0 Å². The minimum Gasteiger partial charge on any atom is -0.378 e. The lowest BCUT2D eigenvalue weighted by Crippen LogP contribution is -2.27. The summed E-state index contributed by atoms with van der Waals surface area (Å²) in [6.45, 7) is 5.08. The zero-order valence-electron chi connectivity index (χ0n) is 7.92. The van der Waals surface area contributed by atoms with Crippen molar-refractivity contribution < 1.29 is 9.53 Å². The molecular formula is C10H17NO2. The SMILES string of the molecule is C=CCCNC(=O)CC1CCCO1. The van der Waals surface area contributed by atoms with Gasteiger partial charge in [-0.2, -0.15) is 0 Å². The molecular weight excluding hydrogens is 166 g/mol. The maximum absolute atomic E-state index is 11.2. The molecule has 3 heteroatoms. The van der Waals surface area contributed by atoms with E-state index in [0.29, 0.717) is 13.0 Å². The molecule has 3 nitrogen and oxygen atoms in total. The van der Waals surface area contributed by atoms with Gasteiger partial charge in [-0.15, -0.1) is 6.58 Å². The smallest absolute Gasteiger partial charge is 0.222 e. The molecule has 1 aliphatic heterocycles. The van der Waals surface area contributed by atoms with Gasteiger partial charge in [0, 0.05) is 13.2 Å². The highest BCUT2D eigenvalue weighted by Gasteiger charge is 2.18. The van der Waals surface area contributed by atoms with Gasteiger partial charge in [0.05, 0.1) is 12.5 Å². The van der Waals surface area contributed by atoms with E-state index in [4.69, 9.17) is 4.74 Å². The van der Waals surface area contributed by atoms with Crippen molar-refractivity contribution in [3.63, 3.8) is 0 Å². The van der Waals surface area contributed by atoms with Crippen LogP contribution in [-0.2, 0) is 9.53 Å². The highest BCUT2D eigenvalue weighted by molar-refractivity contribution is 5.76. The molecule has 0 aromatic heterocycles. The van der Waals surface area contributed by atoms with Gasteiger partial charge in [0.25, 0.3) is 0 Å². The van der Waals surface area contributed by atoms with E-state index in [1.807, 2.05) is 0 Å². The Morgan fingerprint density at radius 2 is 2.54 bits per heavy atom. The number of carbonyl (C=O) groups excluding carboxylic acids is 1. The van der Waals surface area contributed by atoms with Crippen molar-refractivity contribution in [3.8, 4) is 0 Å². The average Bonchev–Trinajstić information content (AvgIpc) is 2.57. The fourth-order valence-electron chi connectivity index (χ4n) is 1.40. The van der Waals surface area contributed by atoms with E-state index in [0.717, 1.165) is 25.9 Å². The molecule has 0 aromatic carbocycles. The van der Waals surface area contributed by atoms with Crippen LogP contribution in [0.3, 0.4) is 0 Å². The van der Waals surface area contributed by atoms with Gasteiger partial charge in [0.15, 0.2) is 0 Å². The van der Waals surface area contributed by atoms with Crippen LogP contribution in [-0.4, -0.2) is 25.2 Å². The highest BCUT2D eigenvalue weighted by Crippen LogP contribution is 2.14. The maximum Gasteiger partial charge on any atom is 0.222 e. The molecule has 1 N–H and O–H groups in total. The summed E-state index contributed by atoms with van der Waals surface area (Å²) in [5, 5.41) is 2.82. The Labute approximate surface area is 79.2 Å². The second-order valence-electron chi connectivity index (χ2n) is 3.27. The van der Waals surface area contributed by atoms with Crippen LogP contribution in [0, 0.1) is 0 Å². The van der Waals surface area contributed by atoms with Crippen LogP contribution in [0.5, 0.6) is 0 Å². The first kappa shape index (κ1) is 10.3. The molecule has 0 radical (unpaired) electrons. The molecule has 1 unspecified atom stereocenters. The summed E-state index contributed by atoms with van der Waals surface area (Å²) in [4.78, 5) is 11.2. The van der Waals surface area contributed by atoms with Crippen molar-refractivity contribution in [2.24, 2.45) is 0 Å². The normalized spacial score (nSPS) is 21.4. The molecule has 0 bridgehead atoms. The quantitative estimate of drug-likeness (QED) is 0.514. The van der Waals surface area contributed by atoms with Gasteiger partial charge < -0.3 is 10.1 Å². The summed E-state index contributed by atoms with van der Waals surface area (Å²) < 4.78 is 5.35. The molecule has 1 aliphatic rings. The van der Waals surface area contributed by atoms with Crippen molar-refractivity contribution in [1.82, 2.24) is 5.32 Å². The van der Waals surface area contributed by atoms with Crippen molar-refractivity contribution in [2.45, 2.75) is 31.8 Å². The van der Waals surface area contributed by atoms with E-state index < -0.39 is 0 Å². The van der Waals surface area contributed by atoms with Crippen molar-refractivity contribution >= 4 is 5.91 Å². The Morgan fingerprint density at radius 3 is 3.15 bits per heavy atom. The van der Waals surface area contributed by atoms with Crippen LogP contribution in [0.2, 0.25) is 0 Å². The number of amides is 1. The summed E-state index contributed by atoms with van der Waals surface area (Å²) in [5.74, 6) is 0.0914. The molecule has 0 aliphatic carbocycles. The summed E-state index contributed by atoms with van der Waals surface area (Å²) >= 11 is 0. The first-order valence-corrected chi connectivity index (χ1v) is 4.82. The number of hydrogen-bond donors (Lipinski definition) is 1.